The largest absolute Gasteiger partial charge is 0.379 e. The summed E-state index contributed by atoms with van der Waals surface area (Å²) in [6.07, 6.45) is 3.60. The molecule has 1 atom stereocenters. The fourth-order valence-electron chi connectivity index (χ4n) is 4.45. The molecule has 33 heavy (non-hydrogen) atoms. The van der Waals surface area contributed by atoms with Gasteiger partial charge >= 0.3 is 0 Å². The van der Waals surface area contributed by atoms with Gasteiger partial charge in [0.25, 0.3) is 0 Å². The van der Waals surface area contributed by atoms with E-state index in [2.05, 4.69) is 21.6 Å². The Hall–Kier alpha value is -2.25. The standard InChI is InChI=1S/C26H31ClFN3O2/c1-20-17-30(18-21-2-5-24(28)6-3-21)10-11-31(20)9-8-26(32)25-7-4-23(27)16-22(25)19-29-12-14-33-15-13-29/h2-9,16,20H,10-15,17-19H2,1H3. The maximum atomic E-state index is 13.1. The molecule has 4 rings (SSSR count). The number of hydrogen-bond acceptors (Lipinski definition) is 5. The van der Waals surface area contributed by atoms with Gasteiger partial charge in [0, 0.05) is 74.7 Å². The molecule has 2 aromatic carbocycles. The van der Waals surface area contributed by atoms with Gasteiger partial charge in [-0.1, -0.05) is 23.7 Å². The van der Waals surface area contributed by atoms with E-state index in [9.17, 15) is 9.18 Å². The molecule has 7 heteroatoms. The third kappa shape index (κ3) is 6.64. The average molecular weight is 472 g/mol. The van der Waals surface area contributed by atoms with E-state index in [0.29, 0.717) is 17.1 Å². The number of carbonyl (C=O) groups excluding carboxylic acids is 1. The highest BCUT2D eigenvalue weighted by Gasteiger charge is 2.22. The second-order valence-corrected chi connectivity index (χ2v) is 9.25. The first kappa shape index (κ1) is 23.9. The smallest absolute Gasteiger partial charge is 0.187 e. The SMILES string of the molecule is CC1CN(Cc2ccc(F)cc2)CCN1C=CC(=O)c1ccc(Cl)cc1CN1CCOCC1. The van der Waals surface area contributed by atoms with Gasteiger partial charge in [0.05, 0.1) is 13.2 Å². The molecule has 2 heterocycles. The van der Waals surface area contributed by atoms with E-state index in [0.717, 1.165) is 63.6 Å². The summed E-state index contributed by atoms with van der Waals surface area (Å²) in [4.78, 5) is 19.9. The molecule has 2 aliphatic rings. The molecule has 1 unspecified atom stereocenters. The number of halogens is 2. The van der Waals surface area contributed by atoms with E-state index in [1.54, 1.807) is 12.1 Å². The predicted octanol–water partition coefficient (Wildman–Crippen LogP) is 4.21. The van der Waals surface area contributed by atoms with E-state index in [1.165, 1.54) is 12.1 Å². The lowest BCUT2D eigenvalue weighted by Crippen LogP contribution is -2.49. The first-order valence-electron chi connectivity index (χ1n) is 11.5. The fourth-order valence-corrected chi connectivity index (χ4v) is 4.64. The maximum absolute atomic E-state index is 13.1. The van der Waals surface area contributed by atoms with Crippen molar-refractivity contribution < 1.29 is 13.9 Å². The zero-order valence-electron chi connectivity index (χ0n) is 19.1. The molecule has 0 amide bonds. The van der Waals surface area contributed by atoms with Crippen molar-refractivity contribution in [3.8, 4) is 0 Å². The zero-order chi connectivity index (χ0) is 23.2. The monoisotopic (exact) mass is 471 g/mol. The van der Waals surface area contributed by atoms with Crippen LogP contribution in [0.5, 0.6) is 0 Å². The topological polar surface area (TPSA) is 36.0 Å². The van der Waals surface area contributed by atoms with Crippen molar-refractivity contribution in [2.24, 2.45) is 0 Å². The van der Waals surface area contributed by atoms with E-state index in [4.69, 9.17) is 16.3 Å². The maximum Gasteiger partial charge on any atom is 0.187 e. The van der Waals surface area contributed by atoms with E-state index in [-0.39, 0.29) is 17.6 Å². The van der Waals surface area contributed by atoms with Crippen molar-refractivity contribution in [3.63, 3.8) is 0 Å². The highest BCUT2D eigenvalue weighted by atomic mass is 35.5. The number of piperazine rings is 1. The molecule has 0 radical (unpaired) electrons. The molecule has 2 aromatic rings. The Morgan fingerprint density at radius 2 is 1.82 bits per heavy atom. The predicted molar refractivity (Wildman–Crippen MR) is 129 cm³/mol. The van der Waals surface area contributed by atoms with Gasteiger partial charge in [0.15, 0.2) is 5.78 Å². The zero-order valence-corrected chi connectivity index (χ0v) is 19.8. The number of nitrogens with zero attached hydrogens (tertiary/aromatic N) is 3. The van der Waals surface area contributed by atoms with Gasteiger partial charge < -0.3 is 9.64 Å². The lowest BCUT2D eigenvalue weighted by Gasteiger charge is -2.39. The Kier molecular flexibility index (Phi) is 8.15. The number of allylic oxidation sites excluding steroid dienone is 1. The second kappa shape index (κ2) is 11.3. The number of morpholine rings is 1. The minimum atomic E-state index is -0.208. The number of rotatable bonds is 7. The molecule has 0 N–H and O–H groups in total. The van der Waals surface area contributed by atoms with Gasteiger partial charge in [-0.3, -0.25) is 14.6 Å². The van der Waals surface area contributed by atoms with Crippen LogP contribution in [-0.4, -0.2) is 72.5 Å². The number of hydrogen-bond donors (Lipinski definition) is 0. The molecule has 2 fully saturated rings. The fraction of sp³-hybridized carbons (Fsp3) is 0.423. The lowest BCUT2D eigenvalue weighted by atomic mass is 10.0. The second-order valence-electron chi connectivity index (χ2n) is 8.82. The van der Waals surface area contributed by atoms with Gasteiger partial charge in [-0.25, -0.2) is 4.39 Å². The van der Waals surface area contributed by atoms with Crippen LogP contribution in [0.25, 0.3) is 0 Å². The van der Waals surface area contributed by atoms with Gasteiger partial charge in [0.2, 0.25) is 0 Å². The first-order valence-corrected chi connectivity index (χ1v) is 11.9. The number of ketones is 1. The summed E-state index contributed by atoms with van der Waals surface area (Å²) in [5, 5.41) is 0.643. The molecular weight excluding hydrogens is 441 g/mol. The molecule has 176 valence electrons. The lowest BCUT2D eigenvalue weighted by molar-refractivity contribution is 0.0341. The molecule has 2 saturated heterocycles. The molecular formula is C26H31ClFN3O2. The quantitative estimate of drug-likeness (QED) is 0.446. The van der Waals surface area contributed by atoms with Crippen molar-refractivity contribution in [1.82, 2.24) is 14.7 Å². The van der Waals surface area contributed by atoms with Crippen LogP contribution in [0.1, 0.15) is 28.4 Å². The molecule has 0 aromatic heterocycles. The minimum absolute atomic E-state index is 0.00383. The summed E-state index contributed by atoms with van der Waals surface area (Å²) in [5.41, 5.74) is 2.76. The molecule has 5 nitrogen and oxygen atoms in total. The third-order valence-electron chi connectivity index (χ3n) is 6.33. The summed E-state index contributed by atoms with van der Waals surface area (Å²) in [6.45, 7) is 9.43. The highest BCUT2D eigenvalue weighted by Crippen LogP contribution is 2.20. The van der Waals surface area contributed by atoms with Crippen LogP contribution >= 0.6 is 11.6 Å². The van der Waals surface area contributed by atoms with Crippen molar-refractivity contribution in [2.75, 3.05) is 45.9 Å². The van der Waals surface area contributed by atoms with Crippen molar-refractivity contribution in [1.29, 1.82) is 0 Å². The normalized spacial score (nSPS) is 20.5. The van der Waals surface area contributed by atoms with Crippen LogP contribution in [0.3, 0.4) is 0 Å². The van der Waals surface area contributed by atoms with Crippen molar-refractivity contribution in [3.05, 3.63) is 82.3 Å². The van der Waals surface area contributed by atoms with Crippen LogP contribution in [0.15, 0.2) is 54.7 Å². The number of carbonyl (C=O) groups is 1. The van der Waals surface area contributed by atoms with Gasteiger partial charge in [0.1, 0.15) is 5.82 Å². The van der Waals surface area contributed by atoms with Crippen LogP contribution in [0.4, 0.5) is 4.39 Å². The summed E-state index contributed by atoms with van der Waals surface area (Å²) < 4.78 is 18.6. The molecule has 0 aliphatic carbocycles. The summed E-state index contributed by atoms with van der Waals surface area (Å²) in [6, 6.07) is 12.5. The number of benzene rings is 2. The third-order valence-corrected chi connectivity index (χ3v) is 6.57. The molecule has 0 saturated carbocycles. The first-order chi connectivity index (χ1) is 16.0. The summed E-state index contributed by atoms with van der Waals surface area (Å²) >= 11 is 6.23. The molecule has 0 bridgehead atoms. The van der Waals surface area contributed by atoms with Crippen LogP contribution in [0, 0.1) is 5.82 Å². The van der Waals surface area contributed by atoms with Gasteiger partial charge in [-0.05, 0) is 48.4 Å². The Balaban J connectivity index is 1.36. The average Bonchev–Trinajstić information content (AvgIpc) is 2.81. The number of ether oxygens (including phenoxy) is 1. The van der Waals surface area contributed by atoms with Gasteiger partial charge in [-0.15, -0.1) is 0 Å². The Bertz CT molecular complexity index is 976. The van der Waals surface area contributed by atoms with Crippen LogP contribution in [0.2, 0.25) is 5.02 Å². The minimum Gasteiger partial charge on any atom is -0.379 e. The summed E-state index contributed by atoms with van der Waals surface area (Å²) in [5.74, 6) is -0.212. The highest BCUT2D eigenvalue weighted by molar-refractivity contribution is 6.30. The van der Waals surface area contributed by atoms with Crippen molar-refractivity contribution >= 4 is 17.4 Å². The Morgan fingerprint density at radius 3 is 2.55 bits per heavy atom. The Labute approximate surface area is 200 Å². The Morgan fingerprint density at radius 1 is 1.06 bits per heavy atom. The van der Waals surface area contributed by atoms with Crippen molar-refractivity contribution in [2.45, 2.75) is 26.1 Å². The molecule has 2 aliphatic heterocycles. The van der Waals surface area contributed by atoms with E-state index < -0.39 is 0 Å². The van der Waals surface area contributed by atoms with E-state index in [1.807, 2.05) is 30.5 Å². The van der Waals surface area contributed by atoms with Crippen LogP contribution < -0.4 is 0 Å². The molecule has 0 spiro atoms. The van der Waals surface area contributed by atoms with Crippen LogP contribution in [-0.2, 0) is 17.8 Å². The van der Waals surface area contributed by atoms with Gasteiger partial charge in [-0.2, -0.15) is 0 Å². The van der Waals surface area contributed by atoms with E-state index >= 15 is 0 Å². The summed E-state index contributed by atoms with van der Waals surface area (Å²) in [7, 11) is 0.